The van der Waals surface area contributed by atoms with E-state index in [-0.39, 0.29) is 53.1 Å². The van der Waals surface area contributed by atoms with Crippen molar-refractivity contribution in [2.75, 3.05) is 13.2 Å². The molecular weight excluding hydrogens is 492 g/mol. The van der Waals surface area contributed by atoms with Crippen molar-refractivity contribution in [2.24, 2.45) is 0 Å². The Morgan fingerprint density at radius 3 is 1.51 bits per heavy atom. The van der Waals surface area contributed by atoms with Gasteiger partial charge >= 0.3 is 11.9 Å². The molecule has 0 saturated heterocycles. The maximum atomic E-state index is 12.4. The molecule has 0 saturated carbocycles. The van der Waals surface area contributed by atoms with Crippen LogP contribution in [0.2, 0.25) is 0 Å². The number of ether oxygens (including phenoxy) is 2. The van der Waals surface area contributed by atoms with Gasteiger partial charge in [-0.1, -0.05) is 12.1 Å². The molecular formula is C25H20O12. The fourth-order valence-electron chi connectivity index (χ4n) is 3.63. The molecule has 2 atom stereocenters. The lowest BCUT2D eigenvalue weighted by atomic mass is 10.1. The van der Waals surface area contributed by atoms with Gasteiger partial charge in [0, 0.05) is 18.6 Å². The average molecular weight is 512 g/mol. The third kappa shape index (κ3) is 5.60. The average Bonchev–Trinajstić information content (AvgIpc) is 2.85. The molecule has 0 fully saturated rings. The maximum absolute atomic E-state index is 12.4. The van der Waals surface area contributed by atoms with Crippen molar-refractivity contribution < 1.29 is 48.3 Å². The van der Waals surface area contributed by atoms with Gasteiger partial charge in [0.2, 0.25) is 11.5 Å². The molecule has 2 aromatic heterocycles. The van der Waals surface area contributed by atoms with E-state index in [9.17, 15) is 29.4 Å². The van der Waals surface area contributed by atoms with Crippen LogP contribution >= 0.6 is 0 Å². The lowest BCUT2D eigenvalue weighted by Gasteiger charge is -2.18. The topological polar surface area (TPSA) is 194 Å². The van der Waals surface area contributed by atoms with Crippen LogP contribution < -0.4 is 20.3 Å². The first-order valence-electron chi connectivity index (χ1n) is 10.9. The summed E-state index contributed by atoms with van der Waals surface area (Å²) < 4.78 is 21.4. The molecule has 12 heteroatoms. The van der Waals surface area contributed by atoms with Gasteiger partial charge in [0.05, 0.1) is 12.2 Å². The standard InChI is InChI=1S/C25H20O12/c26-12(10-34-16-3-1-5-18-22(16)14(28)8-20(36-18)24(30)31)7-13(27)11-35-17-4-2-6-19-23(17)15(29)9-21(37-19)25(32)33/h1-6,8-9,12-13,26-27H,7,10-11H2,(H,30,31)(H,32,33)/t12-,13+. The van der Waals surface area contributed by atoms with Gasteiger partial charge in [0.15, 0.2) is 10.9 Å². The molecule has 4 rings (SSSR count). The van der Waals surface area contributed by atoms with Gasteiger partial charge < -0.3 is 38.7 Å². The molecule has 37 heavy (non-hydrogen) atoms. The molecule has 192 valence electrons. The van der Waals surface area contributed by atoms with Crippen LogP contribution in [0.3, 0.4) is 0 Å². The van der Waals surface area contributed by atoms with Crippen molar-refractivity contribution in [1.82, 2.24) is 0 Å². The molecule has 0 radical (unpaired) electrons. The Hall–Kier alpha value is -4.68. The normalized spacial score (nSPS) is 12.8. The Morgan fingerprint density at radius 1 is 0.730 bits per heavy atom. The van der Waals surface area contributed by atoms with E-state index in [0.29, 0.717) is 0 Å². The summed E-state index contributed by atoms with van der Waals surface area (Å²) in [5.41, 5.74) is -1.26. The fraction of sp³-hybridized carbons (Fsp3) is 0.200. The number of fused-ring (bicyclic) bond motifs is 2. The van der Waals surface area contributed by atoms with Crippen molar-refractivity contribution in [1.29, 1.82) is 0 Å². The van der Waals surface area contributed by atoms with Crippen molar-refractivity contribution in [3.8, 4) is 11.5 Å². The van der Waals surface area contributed by atoms with E-state index >= 15 is 0 Å². The van der Waals surface area contributed by atoms with E-state index in [2.05, 4.69) is 0 Å². The Bertz CT molecular complexity index is 1480. The summed E-state index contributed by atoms with van der Waals surface area (Å²) in [4.78, 5) is 46.9. The molecule has 4 N–H and O–H groups in total. The monoisotopic (exact) mass is 512 g/mol. The number of benzene rings is 2. The molecule has 0 bridgehead atoms. The van der Waals surface area contributed by atoms with Crippen molar-refractivity contribution >= 4 is 33.9 Å². The van der Waals surface area contributed by atoms with Crippen LogP contribution in [0.4, 0.5) is 0 Å². The van der Waals surface area contributed by atoms with Gasteiger partial charge in [-0.25, -0.2) is 9.59 Å². The zero-order chi connectivity index (χ0) is 26.7. The third-order valence-corrected chi connectivity index (χ3v) is 5.26. The molecule has 0 aliphatic heterocycles. The van der Waals surface area contributed by atoms with E-state index in [0.717, 1.165) is 12.1 Å². The highest BCUT2D eigenvalue weighted by Crippen LogP contribution is 2.25. The summed E-state index contributed by atoms with van der Waals surface area (Å²) >= 11 is 0. The third-order valence-electron chi connectivity index (χ3n) is 5.26. The second-order valence-corrected chi connectivity index (χ2v) is 7.98. The Morgan fingerprint density at radius 2 is 1.14 bits per heavy atom. The molecule has 0 spiro atoms. The highest BCUT2D eigenvalue weighted by Gasteiger charge is 2.19. The number of carbonyl (C=O) groups is 2. The second kappa shape index (κ2) is 10.5. The molecule has 0 unspecified atom stereocenters. The minimum absolute atomic E-state index is 0.000338. The van der Waals surface area contributed by atoms with Crippen LogP contribution in [0.1, 0.15) is 27.5 Å². The van der Waals surface area contributed by atoms with Gasteiger partial charge in [0.1, 0.15) is 46.7 Å². The lowest BCUT2D eigenvalue weighted by Crippen LogP contribution is -2.28. The van der Waals surface area contributed by atoms with Gasteiger partial charge in [-0.3, -0.25) is 9.59 Å². The molecule has 0 aliphatic rings. The first kappa shape index (κ1) is 25.4. The summed E-state index contributed by atoms with van der Waals surface area (Å²) in [7, 11) is 0. The number of hydrogen-bond acceptors (Lipinski definition) is 10. The van der Waals surface area contributed by atoms with E-state index in [4.69, 9.17) is 28.5 Å². The first-order valence-corrected chi connectivity index (χ1v) is 10.9. The van der Waals surface area contributed by atoms with Crippen LogP contribution in [0.15, 0.2) is 67.0 Å². The summed E-state index contributed by atoms with van der Waals surface area (Å²) in [6.07, 6.45) is -2.56. The van der Waals surface area contributed by atoms with Gasteiger partial charge in [-0.05, 0) is 24.3 Å². The lowest BCUT2D eigenvalue weighted by molar-refractivity contribution is 0.0289. The smallest absolute Gasteiger partial charge is 0.371 e. The molecule has 0 amide bonds. The number of aliphatic hydroxyl groups excluding tert-OH is 2. The maximum Gasteiger partial charge on any atom is 0.371 e. The van der Waals surface area contributed by atoms with Crippen molar-refractivity contribution in [3.63, 3.8) is 0 Å². The van der Waals surface area contributed by atoms with Gasteiger partial charge in [-0.2, -0.15) is 0 Å². The van der Waals surface area contributed by atoms with E-state index in [1.807, 2.05) is 0 Å². The quantitative estimate of drug-likeness (QED) is 0.241. The summed E-state index contributed by atoms with van der Waals surface area (Å²) in [6, 6.07) is 10.3. The predicted molar refractivity (Wildman–Crippen MR) is 127 cm³/mol. The Labute approximate surface area is 206 Å². The van der Waals surface area contributed by atoms with Crippen LogP contribution in [-0.4, -0.2) is 57.8 Å². The number of carboxylic acid groups (broad SMARTS) is 2. The van der Waals surface area contributed by atoms with Gasteiger partial charge in [-0.15, -0.1) is 0 Å². The number of hydrogen-bond donors (Lipinski definition) is 4. The zero-order valence-corrected chi connectivity index (χ0v) is 18.9. The molecule has 2 aromatic carbocycles. The highest BCUT2D eigenvalue weighted by atomic mass is 16.5. The molecule has 0 aliphatic carbocycles. The molecule has 2 heterocycles. The summed E-state index contributed by atoms with van der Waals surface area (Å²) in [6.45, 7) is -0.627. The minimum atomic E-state index is -1.40. The number of aliphatic hydroxyl groups is 2. The van der Waals surface area contributed by atoms with E-state index < -0.39 is 46.5 Å². The second-order valence-electron chi connectivity index (χ2n) is 7.98. The van der Waals surface area contributed by atoms with E-state index in [1.54, 1.807) is 0 Å². The largest absolute Gasteiger partial charge is 0.490 e. The van der Waals surface area contributed by atoms with Gasteiger partial charge in [0.25, 0.3) is 0 Å². The Kier molecular flexibility index (Phi) is 7.22. The van der Waals surface area contributed by atoms with Crippen LogP contribution in [0, 0.1) is 0 Å². The van der Waals surface area contributed by atoms with Crippen molar-refractivity contribution in [2.45, 2.75) is 18.6 Å². The van der Waals surface area contributed by atoms with Crippen LogP contribution in [0.5, 0.6) is 11.5 Å². The molecule has 12 nitrogen and oxygen atoms in total. The highest BCUT2D eigenvalue weighted by molar-refractivity contribution is 5.90. The summed E-state index contributed by atoms with van der Waals surface area (Å²) in [5.74, 6) is -3.71. The number of rotatable bonds is 10. The Balaban J connectivity index is 1.39. The fourth-order valence-corrected chi connectivity index (χ4v) is 3.63. The number of carboxylic acids is 2. The van der Waals surface area contributed by atoms with Crippen LogP contribution in [0.25, 0.3) is 21.9 Å². The summed E-state index contributed by atoms with van der Waals surface area (Å²) in [5, 5.41) is 38.7. The minimum Gasteiger partial charge on any atom is -0.490 e. The van der Waals surface area contributed by atoms with Crippen molar-refractivity contribution in [3.05, 3.63) is 80.5 Å². The zero-order valence-electron chi connectivity index (χ0n) is 18.9. The van der Waals surface area contributed by atoms with E-state index in [1.165, 1.54) is 36.4 Å². The SMILES string of the molecule is O=C(O)c1cc(=O)c2c(OC[C@@H](O)C[C@@H](O)COc3cccc4oc(C(=O)O)cc(=O)c34)cccc2o1. The number of aromatic carboxylic acids is 2. The first-order chi connectivity index (χ1) is 17.6. The predicted octanol–water partition coefficient (Wildman–Crippen LogP) is 1.87. The van der Waals surface area contributed by atoms with Crippen LogP contribution in [-0.2, 0) is 0 Å². The molecule has 4 aromatic rings.